The topological polar surface area (TPSA) is 65.9 Å². The fraction of sp³-hybridized carbons (Fsp3) is 0.800. The van der Waals surface area contributed by atoms with E-state index in [4.69, 9.17) is 10.6 Å². The van der Waals surface area contributed by atoms with Gasteiger partial charge in [0.15, 0.2) is 0 Å². The highest BCUT2D eigenvalue weighted by Crippen LogP contribution is 1.75. The van der Waals surface area contributed by atoms with E-state index in [2.05, 4.69) is 16.2 Å². The van der Waals surface area contributed by atoms with Gasteiger partial charge in [-0.3, -0.25) is 0 Å². The minimum Gasteiger partial charge on any atom is -0.391 e. The molecule has 0 bridgehead atoms. The number of aliphatic hydroxyl groups excluding tert-OH is 1. The molecule has 0 aliphatic heterocycles. The Morgan fingerprint density at radius 3 is 2.22 bits per heavy atom. The van der Waals surface area contributed by atoms with Crippen LogP contribution in [0.15, 0.2) is 0 Å². The Hall–Kier alpha value is -0.700. The molecule has 1 unspecified atom stereocenters. The van der Waals surface area contributed by atoms with Gasteiger partial charge in [-0.25, -0.2) is 0 Å². The van der Waals surface area contributed by atoms with Crippen molar-refractivity contribution in [2.24, 2.45) is 0 Å². The Morgan fingerprint density at radius 2 is 2.22 bits per heavy atom. The van der Waals surface area contributed by atoms with Crippen molar-refractivity contribution in [1.29, 1.82) is 0 Å². The molecule has 4 nitrogen and oxygen atoms in total. The molecule has 0 aliphatic carbocycles. The van der Waals surface area contributed by atoms with Crippen LogP contribution in [-0.2, 0) is 4.74 Å². The third kappa shape index (κ3) is 38.8. The Kier molecular flexibility index (Phi) is 12.8. The summed E-state index contributed by atoms with van der Waals surface area (Å²) >= 11 is 0. The summed E-state index contributed by atoms with van der Waals surface area (Å²) in [7, 11) is 1.56. The third-order valence-electron chi connectivity index (χ3n) is 0.408. The molecule has 0 spiro atoms. The van der Waals surface area contributed by atoms with E-state index in [0.29, 0.717) is 6.61 Å². The molecule has 0 saturated heterocycles. The summed E-state index contributed by atoms with van der Waals surface area (Å²) in [5.74, 6) is 0. The van der Waals surface area contributed by atoms with Crippen LogP contribution in [0.2, 0.25) is 0 Å². The van der Waals surface area contributed by atoms with Gasteiger partial charge in [-0.15, -0.1) is 0 Å². The van der Waals surface area contributed by atoms with Gasteiger partial charge in [0, 0.05) is 7.11 Å². The van der Waals surface area contributed by atoms with Crippen LogP contribution in [0.4, 0.5) is 0 Å². The molecule has 0 amide bonds. The first-order chi connectivity index (χ1) is 4.18. The Labute approximate surface area is 54.7 Å². The molecule has 54 valence electrons. The highest BCUT2D eigenvalue weighted by atomic mass is 16.5. The van der Waals surface area contributed by atoms with Crippen molar-refractivity contribution in [2.75, 3.05) is 13.7 Å². The van der Waals surface area contributed by atoms with E-state index >= 15 is 0 Å². The van der Waals surface area contributed by atoms with Crippen molar-refractivity contribution >= 4 is 6.72 Å². The zero-order chi connectivity index (χ0) is 7.70. The van der Waals surface area contributed by atoms with Crippen LogP contribution in [-0.4, -0.2) is 36.4 Å². The lowest BCUT2D eigenvalue weighted by Gasteiger charge is -1.97. The van der Waals surface area contributed by atoms with Gasteiger partial charge in [0.2, 0.25) is 6.72 Å². The van der Waals surface area contributed by atoms with Gasteiger partial charge in [0.1, 0.15) is 0 Å². The van der Waals surface area contributed by atoms with Crippen LogP contribution >= 0.6 is 0 Å². The fourth-order valence-corrected chi connectivity index (χ4v) is 0.241. The molecule has 0 radical (unpaired) electrons. The average Bonchev–Trinajstić information content (AvgIpc) is 1.67. The summed E-state index contributed by atoms with van der Waals surface area (Å²) in [6, 6.07) is 0. The highest BCUT2D eigenvalue weighted by molar-refractivity contribution is 5.12. The second kappa shape index (κ2) is 10.3. The van der Waals surface area contributed by atoms with E-state index in [1.807, 2.05) is 0 Å². The van der Waals surface area contributed by atoms with Crippen molar-refractivity contribution in [2.45, 2.75) is 13.0 Å². The van der Waals surface area contributed by atoms with Crippen LogP contribution in [0, 0.1) is 0 Å². The van der Waals surface area contributed by atoms with Gasteiger partial charge >= 0.3 is 0 Å². The monoisotopic (exact) mass is 132 g/mol. The number of methoxy groups -OCH3 is 1. The van der Waals surface area contributed by atoms with E-state index < -0.39 is 0 Å². The number of nitrogens with zero attached hydrogens (tertiary/aromatic N) is 2. The van der Waals surface area contributed by atoms with Gasteiger partial charge in [0.25, 0.3) is 0 Å². The minimum atomic E-state index is -0.324. The lowest BCUT2D eigenvalue weighted by atomic mass is 10.5. The lowest BCUT2D eigenvalue weighted by molar-refractivity contribution is 0.0110. The standard InChI is InChI=1S/C4H10O2.CH2N2/c1-4(5)3-6-2;1-3-2/h4-5H,3H2,1-2H3;1H2. The lowest BCUT2D eigenvalue weighted by Crippen LogP contribution is -2.07. The zero-order valence-corrected chi connectivity index (χ0v) is 5.74. The second-order valence-electron chi connectivity index (χ2n) is 1.45. The second-order valence-corrected chi connectivity index (χ2v) is 1.45. The van der Waals surface area contributed by atoms with Crippen LogP contribution in [0.5, 0.6) is 0 Å². The highest BCUT2D eigenvalue weighted by Gasteiger charge is 1.87. The van der Waals surface area contributed by atoms with Crippen molar-refractivity contribution in [3.8, 4) is 0 Å². The predicted molar refractivity (Wildman–Crippen MR) is 34.3 cm³/mol. The molecule has 0 aromatic heterocycles. The zero-order valence-electron chi connectivity index (χ0n) is 5.74. The first kappa shape index (κ1) is 11.1. The third-order valence-corrected chi connectivity index (χ3v) is 0.408. The number of aliphatic hydroxyl groups is 1. The molecule has 0 fully saturated rings. The first-order valence-electron chi connectivity index (χ1n) is 2.46. The molecule has 0 heterocycles. The van der Waals surface area contributed by atoms with Gasteiger partial charge < -0.3 is 15.4 Å². The maximum Gasteiger partial charge on any atom is 0.245 e. The molecule has 9 heavy (non-hydrogen) atoms. The average molecular weight is 132 g/mol. The predicted octanol–water partition coefficient (Wildman–Crippen LogP) is -0.0696. The van der Waals surface area contributed by atoms with Crippen molar-refractivity contribution < 1.29 is 14.6 Å². The number of ether oxygens (including phenoxy) is 1. The summed E-state index contributed by atoms with van der Waals surface area (Å²) in [6.45, 7) is 4.78. The van der Waals surface area contributed by atoms with Crippen molar-refractivity contribution in [3.05, 3.63) is 5.53 Å². The molecule has 0 saturated carbocycles. The van der Waals surface area contributed by atoms with Gasteiger partial charge in [0.05, 0.1) is 12.7 Å². The molecule has 1 N–H and O–H groups in total. The summed E-state index contributed by atoms with van der Waals surface area (Å²) in [5.41, 5.74) is 7.08. The van der Waals surface area contributed by atoms with E-state index in [1.54, 1.807) is 14.0 Å². The largest absolute Gasteiger partial charge is 0.391 e. The van der Waals surface area contributed by atoms with Crippen LogP contribution in [0.1, 0.15) is 6.92 Å². The molecule has 0 aromatic rings. The Morgan fingerprint density at radius 1 is 1.89 bits per heavy atom. The van der Waals surface area contributed by atoms with Crippen LogP contribution in [0.3, 0.4) is 0 Å². The maximum atomic E-state index is 8.43. The smallest absolute Gasteiger partial charge is 0.245 e. The summed E-state index contributed by atoms with van der Waals surface area (Å²) in [4.78, 5) is 2.25. The molecule has 0 aliphatic rings. The molecule has 0 aromatic carbocycles. The number of rotatable bonds is 2. The van der Waals surface area contributed by atoms with Gasteiger partial charge in [-0.1, -0.05) is 0 Å². The van der Waals surface area contributed by atoms with Gasteiger partial charge in [-0.2, -0.15) is 4.79 Å². The maximum absolute atomic E-state index is 8.43. The first-order valence-corrected chi connectivity index (χ1v) is 2.46. The van der Waals surface area contributed by atoms with E-state index in [9.17, 15) is 0 Å². The molecule has 1 atom stereocenters. The van der Waals surface area contributed by atoms with Crippen LogP contribution in [0.25, 0.3) is 5.53 Å². The number of hydrogen-bond acceptors (Lipinski definition) is 2. The van der Waals surface area contributed by atoms with Gasteiger partial charge in [-0.05, 0) is 6.92 Å². The van der Waals surface area contributed by atoms with E-state index in [0.717, 1.165) is 0 Å². The quantitative estimate of drug-likeness (QED) is 0.324. The van der Waals surface area contributed by atoms with E-state index in [-0.39, 0.29) is 6.10 Å². The molecular formula is C5H12N2O2. The fourth-order valence-electron chi connectivity index (χ4n) is 0.241. The SMILES string of the molecule is C=[N+]=[N-].COCC(C)O. The summed E-state index contributed by atoms with van der Waals surface area (Å²) in [5, 5.41) is 8.43. The Bertz CT molecular complexity index is 77.0. The van der Waals surface area contributed by atoms with Crippen LogP contribution < -0.4 is 0 Å². The normalized spacial score (nSPS) is 10.6. The van der Waals surface area contributed by atoms with Crippen molar-refractivity contribution in [1.82, 2.24) is 0 Å². The number of hydrogen-bond donors (Lipinski definition) is 1. The molecule has 0 rings (SSSR count). The Balaban J connectivity index is 0. The minimum absolute atomic E-state index is 0.324. The summed E-state index contributed by atoms with van der Waals surface area (Å²) in [6.07, 6.45) is -0.324. The molecule has 4 heteroatoms. The van der Waals surface area contributed by atoms with E-state index in [1.165, 1.54) is 0 Å². The molecular weight excluding hydrogens is 120 g/mol. The van der Waals surface area contributed by atoms with Crippen molar-refractivity contribution in [3.63, 3.8) is 0 Å². The summed E-state index contributed by atoms with van der Waals surface area (Å²) < 4.78 is 4.55.